The maximum Gasteiger partial charge on any atom is 1.00 e. The standard InChI is InChI=1S/2C18H18O8.C16H14O8.C9H10O4.CH3I.CH4O.Na.H2O/c1-23-13-7-9(17(19)20)5-11(15(13)25-3)12-6-10(18(21)22)8-14(24-2)16(12)26-4;1-23-13-7-9(17(21)25-3)5-11(15(13)19)12-6-10(18(22)26-4)8-14(24-2)16(12)20;1-23-11-5-7(15(19)20)3-9(13(11)17)10-4-8(16(21)22)6-12(24-2)14(10)18;1-12-8-5-6(9(11)13-2)3-4-7(8)10;2*1-2;;/h5-8H,1-4H3,(H,19,20)(H,21,22);5-8,19-20H,1-4H3;3-6,17-18H,1-2H3,(H,19,20)(H,21,22);3-5,10H,1-2H3;1H3;2H,1H3;;1H2/q;;;;;;+1;/p-1. The molecule has 0 saturated heterocycles. The van der Waals surface area contributed by atoms with E-state index in [1.807, 2.05) is 4.93 Å². The summed E-state index contributed by atoms with van der Waals surface area (Å²) in [5, 5.41) is 94.7. The molecule has 0 aliphatic rings. The Balaban J connectivity index is 0.00000124. The molecule has 0 aliphatic carbocycles. The van der Waals surface area contributed by atoms with Crippen LogP contribution in [-0.4, -0.2) is 196 Å². The fourth-order valence-corrected chi connectivity index (χ4v) is 8.09. The summed E-state index contributed by atoms with van der Waals surface area (Å²) in [5.74, 6) is -7.46. The number of hydrogen-bond donors (Lipinski definition) is 10. The number of phenols is 5. The summed E-state index contributed by atoms with van der Waals surface area (Å²) < 4.78 is 59.9. The van der Waals surface area contributed by atoms with E-state index in [2.05, 4.69) is 36.8 Å². The summed E-state index contributed by atoms with van der Waals surface area (Å²) >= 11 is 2.15. The fraction of sp³-hybridized carbons (Fsp3) is 0.222. The first-order valence-corrected chi connectivity index (χ1v) is 27.9. The van der Waals surface area contributed by atoms with Crippen molar-refractivity contribution >= 4 is 64.4 Å². The number of ether oxygens (including phenoxy) is 12. The fourth-order valence-electron chi connectivity index (χ4n) is 8.09. The van der Waals surface area contributed by atoms with E-state index in [0.717, 1.165) is 31.4 Å². The van der Waals surface area contributed by atoms with Crippen LogP contribution in [-0.2, 0) is 14.2 Å². The van der Waals surface area contributed by atoms with Crippen LogP contribution in [0, 0.1) is 0 Å². The van der Waals surface area contributed by atoms with Crippen LogP contribution in [0.15, 0.2) is 91.0 Å². The monoisotopic (exact) mass is 1450 g/mol. The van der Waals surface area contributed by atoms with Crippen molar-refractivity contribution in [3.63, 3.8) is 0 Å². The minimum atomic E-state index is -1.28. The SMILES string of the molecule is CI.CO.COC(=O)c1cc(OC)c(O)c(-c2cc(C(=O)OC)cc(OC)c2O)c1.COC(=O)c1ccc(O)c(OC)c1.COc1cc(C(=O)O)cc(-c2cc(C(=O)O)cc(OC)c2O)c1O.COc1cc(C(=O)O)cc(-c2cc(C(=O)O)cc(OC)c2OC)c1OC.[Na+].[OH-]. The Hall–Kier alpha value is -10.3. The molecule has 0 amide bonds. The zero-order chi connectivity index (χ0) is 70.7. The van der Waals surface area contributed by atoms with E-state index >= 15 is 0 Å². The van der Waals surface area contributed by atoms with Gasteiger partial charge in [-0.2, -0.15) is 0 Å². The first kappa shape index (κ1) is 84.7. The van der Waals surface area contributed by atoms with Crippen LogP contribution in [0.1, 0.15) is 72.5 Å². The number of halogens is 1. The predicted molar refractivity (Wildman–Crippen MR) is 341 cm³/mol. The third-order valence-electron chi connectivity index (χ3n) is 12.4. The van der Waals surface area contributed by atoms with Gasteiger partial charge in [-0.05, 0) is 95.9 Å². The number of hydrogen-bond acceptors (Lipinski definition) is 26. The molecule has 0 heterocycles. The molecule has 95 heavy (non-hydrogen) atoms. The van der Waals surface area contributed by atoms with Crippen molar-refractivity contribution in [2.75, 3.05) is 97.4 Å². The van der Waals surface area contributed by atoms with Crippen molar-refractivity contribution in [3.05, 3.63) is 130 Å². The number of carboxylic acids is 4. The topological polar surface area (TPSA) is 463 Å². The summed E-state index contributed by atoms with van der Waals surface area (Å²) in [6.45, 7) is 0. The van der Waals surface area contributed by atoms with Gasteiger partial charge in [0.15, 0.2) is 80.5 Å². The number of phenolic OH excluding ortho intramolecular Hbond substituents is 5. The predicted octanol–water partition coefficient (Wildman–Crippen LogP) is 5.99. The second-order valence-electron chi connectivity index (χ2n) is 17.4. The smallest absolute Gasteiger partial charge is 0.870 e. The Labute approximate surface area is 578 Å². The first-order chi connectivity index (χ1) is 44.2. The van der Waals surface area contributed by atoms with Crippen LogP contribution in [0.5, 0.6) is 80.5 Å². The Bertz CT molecular complexity index is 3620. The molecular weight excluding hydrogens is 1390 g/mol. The molecular formula is C63H68INaO30. The van der Waals surface area contributed by atoms with Gasteiger partial charge in [-0.1, -0.05) is 22.6 Å². The summed E-state index contributed by atoms with van der Waals surface area (Å²) in [7, 11) is 16.8. The number of carbonyl (C=O) groups is 7. The number of aliphatic hydroxyl groups is 1. The normalized spacial score (nSPS) is 9.56. The molecule has 7 rings (SSSR count). The van der Waals surface area contributed by atoms with Crippen LogP contribution in [0.3, 0.4) is 0 Å². The second-order valence-corrected chi connectivity index (χ2v) is 17.4. The summed E-state index contributed by atoms with van der Waals surface area (Å²) in [4.78, 5) is 82.1. The molecule has 0 bridgehead atoms. The van der Waals surface area contributed by atoms with Gasteiger partial charge in [0.2, 0.25) is 0 Å². The molecule has 0 unspecified atom stereocenters. The second kappa shape index (κ2) is 40.6. The molecule has 0 atom stereocenters. The Morgan fingerprint density at radius 2 is 0.505 bits per heavy atom. The zero-order valence-corrected chi connectivity index (χ0v) is 57.9. The molecule has 11 N–H and O–H groups in total. The van der Waals surface area contributed by atoms with Gasteiger partial charge in [0.05, 0.1) is 124 Å². The summed E-state index contributed by atoms with van der Waals surface area (Å²) in [5.41, 5.74) is 0.449. The molecule has 32 heteroatoms. The summed E-state index contributed by atoms with van der Waals surface area (Å²) in [6, 6.07) is 19.2. The van der Waals surface area contributed by atoms with Gasteiger partial charge >= 0.3 is 71.3 Å². The van der Waals surface area contributed by atoms with Gasteiger partial charge in [0, 0.05) is 40.5 Å². The van der Waals surface area contributed by atoms with Gasteiger partial charge in [-0.15, -0.1) is 0 Å². The number of aromatic carboxylic acids is 4. The molecule has 0 spiro atoms. The van der Waals surface area contributed by atoms with Crippen LogP contribution in [0.25, 0.3) is 33.4 Å². The maximum atomic E-state index is 11.9. The van der Waals surface area contributed by atoms with Crippen LogP contribution in [0.4, 0.5) is 0 Å². The zero-order valence-electron chi connectivity index (χ0n) is 53.7. The van der Waals surface area contributed by atoms with Crippen LogP contribution in [0.2, 0.25) is 0 Å². The average molecular weight is 1460 g/mol. The van der Waals surface area contributed by atoms with E-state index in [1.54, 1.807) is 0 Å². The number of methoxy groups -OCH3 is 12. The van der Waals surface area contributed by atoms with E-state index in [4.69, 9.17) is 58.0 Å². The van der Waals surface area contributed by atoms with E-state index < -0.39 is 53.3 Å². The Morgan fingerprint density at radius 3 is 0.737 bits per heavy atom. The largest absolute Gasteiger partial charge is 1.00 e. The van der Waals surface area contributed by atoms with Crippen molar-refractivity contribution in [3.8, 4) is 114 Å². The van der Waals surface area contributed by atoms with Gasteiger partial charge < -0.3 is 113 Å². The third-order valence-corrected chi connectivity index (χ3v) is 12.4. The molecule has 508 valence electrons. The van der Waals surface area contributed by atoms with E-state index in [-0.39, 0.29) is 160 Å². The average Bonchev–Trinajstić information content (AvgIpc) is 0.793. The molecule has 0 fully saturated rings. The number of aliphatic hydroxyl groups excluding tert-OH is 1. The minimum absolute atomic E-state index is 0. The van der Waals surface area contributed by atoms with E-state index in [1.165, 1.54) is 152 Å². The Kier molecular flexibility index (Phi) is 36.2. The summed E-state index contributed by atoms with van der Waals surface area (Å²) in [6.07, 6.45) is 0. The minimum Gasteiger partial charge on any atom is -0.870 e. The molecule has 0 radical (unpaired) electrons. The molecule has 30 nitrogen and oxygen atoms in total. The molecule has 7 aromatic carbocycles. The van der Waals surface area contributed by atoms with Gasteiger partial charge in [0.1, 0.15) is 0 Å². The van der Waals surface area contributed by atoms with Crippen molar-refractivity contribution in [2.45, 2.75) is 0 Å². The van der Waals surface area contributed by atoms with Crippen LogP contribution < -0.4 is 72.2 Å². The third kappa shape index (κ3) is 21.1. The molecule has 7 aromatic rings. The number of rotatable bonds is 19. The number of carboxylic acid groups (broad SMARTS) is 4. The van der Waals surface area contributed by atoms with Gasteiger partial charge in [0.25, 0.3) is 0 Å². The number of benzene rings is 7. The van der Waals surface area contributed by atoms with Crippen molar-refractivity contribution in [1.29, 1.82) is 0 Å². The maximum absolute atomic E-state index is 11.9. The Morgan fingerprint density at radius 1 is 0.295 bits per heavy atom. The molecule has 0 saturated carbocycles. The van der Waals surface area contributed by atoms with Gasteiger partial charge in [-0.25, -0.2) is 33.6 Å². The number of alkyl halides is 1. The molecule has 0 aromatic heterocycles. The number of esters is 3. The quantitative estimate of drug-likeness (QED) is 0.0146. The van der Waals surface area contributed by atoms with E-state index in [9.17, 15) is 69.3 Å². The number of carbonyl (C=O) groups excluding carboxylic acids is 3. The number of aromatic hydroxyl groups is 5. The van der Waals surface area contributed by atoms with Gasteiger partial charge in [-0.3, -0.25) is 0 Å². The first-order valence-electron chi connectivity index (χ1n) is 25.8. The van der Waals surface area contributed by atoms with Crippen molar-refractivity contribution < 1.29 is 177 Å². The van der Waals surface area contributed by atoms with Crippen molar-refractivity contribution in [2.24, 2.45) is 0 Å². The van der Waals surface area contributed by atoms with Crippen LogP contribution >= 0.6 is 22.6 Å². The van der Waals surface area contributed by atoms with E-state index in [0.29, 0.717) is 16.7 Å². The van der Waals surface area contributed by atoms with Crippen molar-refractivity contribution in [1.82, 2.24) is 0 Å². The molecule has 0 aliphatic heterocycles.